The summed E-state index contributed by atoms with van der Waals surface area (Å²) in [6, 6.07) is 13.6. The number of fused-ring (bicyclic) bond motifs is 1. The second kappa shape index (κ2) is 6.46. The zero-order valence-corrected chi connectivity index (χ0v) is 15.7. The predicted molar refractivity (Wildman–Crippen MR) is 102 cm³/mol. The van der Waals surface area contributed by atoms with Gasteiger partial charge in [0, 0.05) is 18.2 Å². The topological polar surface area (TPSA) is 67.5 Å². The van der Waals surface area contributed by atoms with E-state index in [9.17, 15) is 4.79 Å². The van der Waals surface area contributed by atoms with Crippen LogP contribution in [0.3, 0.4) is 0 Å². The number of H-pyrrole nitrogens is 1. The van der Waals surface area contributed by atoms with Gasteiger partial charge in [-0.2, -0.15) is 5.10 Å². The monoisotopic (exact) mass is 363 g/mol. The van der Waals surface area contributed by atoms with Crippen LogP contribution in [0.25, 0.3) is 11.3 Å². The van der Waals surface area contributed by atoms with Crippen LogP contribution in [0.1, 0.15) is 33.2 Å². The number of rotatable bonds is 4. The van der Waals surface area contributed by atoms with Crippen molar-refractivity contribution in [2.75, 3.05) is 21.3 Å². The molecular weight excluding hydrogens is 342 g/mol. The highest BCUT2D eigenvalue weighted by Crippen LogP contribution is 2.43. The highest BCUT2D eigenvalue weighted by Gasteiger charge is 2.40. The van der Waals surface area contributed by atoms with Crippen LogP contribution in [0.2, 0.25) is 0 Å². The first-order chi connectivity index (χ1) is 13.0. The molecule has 0 bridgehead atoms. The van der Waals surface area contributed by atoms with Crippen LogP contribution in [0.15, 0.2) is 42.5 Å². The first-order valence-corrected chi connectivity index (χ1v) is 8.69. The van der Waals surface area contributed by atoms with Crippen molar-refractivity contribution in [3.63, 3.8) is 0 Å². The maximum absolute atomic E-state index is 12.8. The molecular formula is C21H21N3O3. The first-order valence-electron chi connectivity index (χ1n) is 8.69. The molecule has 0 spiro atoms. The van der Waals surface area contributed by atoms with Crippen molar-refractivity contribution in [2.24, 2.45) is 0 Å². The highest BCUT2D eigenvalue weighted by molar-refractivity contribution is 6.00. The van der Waals surface area contributed by atoms with Gasteiger partial charge in [-0.05, 0) is 24.6 Å². The molecule has 4 rings (SSSR count). The maximum atomic E-state index is 12.8. The second-order valence-corrected chi connectivity index (χ2v) is 6.66. The lowest BCUT2D eigenvalue weighted by atomic mass is 9.95. The molecule has 1 N–H and O–H groups in total. The van der Waals surface area contributed by atoms with Crippen LogP contribution < -0.4 is 9.47 Å². The van der Waals surface area contributed by atoms with E-state index in [1.807, 2.05) is 49.4 Å². The SMILES string of the molecule is COc1ccc([C@H]2c3c(-c4ccc(C)cc4)n[nH]c3C(=O)N2C)cc1OC. The summed E-state index contributed by atoms with van der Waals surface area (Å²) in [7, 11) is 5.01. The van der Waals surface area contributed by atoms with Gasteiger partial charge in [-0.25, -0.2) is 0 Å². The van der Waals surface area contributed by atoms with E-state index in [0.29, 0.717) is 17.2 Å². The van der Waals surface area contributed by atoms with Crippen molar-refractivity contribution in [2.45, 2.75) is 13.0 Å². The number of benzene rings is 2. The van der Waals surface area contributed by atoms with Gasteiger partial charge in [0.25, 0.3) is 5.91 Å². The highest BCUT2D eigenvalue weighted by atomic mass is 16.5. The van der Waals surface area contributed by atoms with Crippen LogP contribution >= 0.6 is 0 Å². The van der Waals surface area contributed by atoms with Gasteiger partial charge in [0.05, 0.1) is 26.0 Å². The minimum absolute atomic E-state index is 0.0735. The van der Waals surface area contributed by atoms with Gasteiger partial charge in [-0.3, -0.25) is 9.89 Å². The quantitative estimate of drug-likeness (QED) is 0.769. The third-order valence-electron chi connectivity index (χ3n) is 5.05. The molecule has 0 aliphatic carbocycles. The lowest BCUT2D eigenvalue weighted by Crippen LogP contribution is -2.24. The number of nitrogens with one attached hydrogen (secondary N) is 1. The Hall–Kier alpha value is -3.28. The minimum Gasteiger partial charge on any atom is -0.493 e. The summed E-state index contributed by atoms with van der Waals surface area (Å²) in [6.45, 7) is 2.04. The van der Waals surface area contributed by atoms with E-state index in [0.717, 1.165) is 22.4 Å². The molecule has 1 aliphatic rings. The molecule has 1 amide bonds. The van der Waals surface area contributed by atoms with Crippen molar-refractivity contribution >= 4 is 5.91 Å². The Balaban J connectivity index is 1.86. The van der Waals surface area contributed by atoms with E-state index in [2.05, 4.69) is 10.2 Å². The molecule has 3 aromatic rings. The average molecular weight is 363 g/mol. The molecule has 2 heterocycles. The number of aromatic amines is 1. The van der Waals surface area contributed by atoms with Crippen molar-refractivity contribution in [1.82, 2.24) is 15.1 Å². The predicted octanol–water partition coefficient (Wildman–Crippen LogP) is 3.58. The van der Waals surface area contributed by atoms with E-state index in [1.165, 1.54) is 5.56 Å². The van der Waals surface area contributed by atoms with E-state index in [4.69, 9.17) is 9.47 Å². The van der Waals surface area contributed by atoms with E-state index < -0.39 is 0 Å². The molecule has 138 valence electrons. The minimum atomic E-state index is -0.248. The van der Waals surface area contributed by atoms with Gasteiger partial charge >= 0.3 is 0 Å². The smallest absolute Gasteiger partial charge is 0.272 e. The van der Waals surface area contributed by atoms with Crippen molar-refractivity contribution in [3.8, 4) is 22.8 Å². The zero-order chi connectivity index (χ0) is 19.1. The Morgan fingerprint density at radius 3 is 2.41 bits per heavy atom. The number of hydrogen-bond acceptors (Lipinski definition) is 4. The van der Waals surface area contributed by atoms with Gasteiger partial charge in [0.2, 0.25) is 0 Å². The summed E-state index contributed by atoms with van der Waals surface area (Å²) in [5.74, 6) is 1.21. The number of carbonyl (C=O) groups is 1. The Labute approximate surface area is 157 Å². The molecule has 0 saturated carbocycles. The van der Waals surface area contributed by atoms with Gasteiger partial charge < -0.3 is 14.4 Å². The first kappa shape index (κ1) is 17.1. The summed E-state index contributed by atoms with van der Waals surface area (Å²) in [5, 5.41) is 7.38. The third kappa shape index (κ3) is 2.65. The second-order valence-electron chi connectivity index (χ2n) is 6.66. The summed E-state index contributed by atoms with van der Waals surface area (Å²) in [6.07, 6.45) is 0. The van der Waals surface area contributed by atoms with Crippen LogP contribution in [-0.4, -0.2) is 42.3 Å². The fourth-order valence-corrected chi connectivity index (χ4v) is 3.61. The molecule has 1 aliphatic heterocycles. The Bertz CT molecular complexity index is 1010. The summed E-state index contributed by atoms with van der Waals surface area (Å²) >= 11 is 0. The maximum Gasteiger partial charge on any atom is 0.272 e. The number of aromatic nitrogens is 2. The number of hydrogen-bond donors (Lipinski definition) is 1. The van der Waals surface area contributed by atoms with Gasteiger partial charge in [0.15, 0.2) is 11.5 Å². The van der Waals surface area contributed by atoms with Crippen LogP contribution in [0, 0.1) is 6.92 Å². The fraction of sp³-hybridized carbons (Fsp3) is 0.238. The Kier molecular flexibility index (Phi) is 4.11. The molecule has 1 aromatic heterocycles. The van der Waals surface area contributed by atoms with Crippen LogP contribution in [-0.2, 0) is 0 Å². The van der Waals surface area contributed by atoms with Crippen molar-refractivity contribution in [1.29, 1.82) is 0 Å². The van der Waals surface area contributed by atoms with Gasteiger partial charge in [0.1, 0.15) is 5.69 Å². The number of nitrogens with zero attached hydrogens (tertiary/aromatic N) is 2. The summed E-state index contributed by atoms with van der Waals surface area (Å²) in [5.41, 5.74) is 5.31. The van der Waals surface area contributed by atoms with Gasteiger partial charge in [-0.1, -0.05) is 35.9 Å². The molecule has 1 atom stereocenters. The van der Waals surface area contributed by atoms with Crippen LogP contribution in [0.4, 0.5) is 0 Å². The molecule has 0 unspecified atom stereocenters. The van der Waals surface area contributed by atoms with Crippen LogP contribution in [0.5, 0.6) is 11.5 Å². The summed E-state index contributed by atoms with van der Waals surface area (Å²) < 4.78 is 10.8. The number of ether oxygens (including phenoxy) is 2. The lowest BCUT2D eigenvalue weighted by Gasteiger charge is -2.23. The van der Waals surface area contributed by atoms with Gasteiger partial charge in [-0.15, -0.1) is 0 Å². The standard InChI is InChI=1S/C21H21N3O3/c1-12-5-7-13(8-6-12)18-17-19(23-22-18)21(25)24(2)20(17)14-9-10-15(26-3)16(11-14)27-4/h5-11,20H,1-4H3,(H,22,23)/t20-/m0/s1. The fourth-order valence-electron chi connectivity index (χ4n) is 3.61. The molecule has 27 heavy (non-hydrogen) atoms. The number of amides is 1. The molecule has 2 aromatic carbocycles. The van der Waals surface area contributed by atoms with Crippen molar-refractivity contribution < 1.29 is 14.3 Å². The van der Waals surface area contributed by atoms with E-state index >= 15 is 0 Å². The molecule has 0 saturated heterocycles. The molecule has 6 heteroatoms. The third-order valence-corrected chi connectivity index (χ3v) is 5.05. The number of methoxy groups -OCH3 is 2. The Morgan fingerprint density at radius 1 is 1.04 bits per heavy atom. The molecule has 0 fully saturated rings. The number of aryl methyl sites for hydroxylation is 1. The number of carbonyl (C=O) groups excluding carboxylic acids is 1. The normalized spacial score (nSPS) is 15.8. The average Bonchev–Trinajstić information content (AvgIpc) is 3.21. The Morgan fingerprint density at radius 2 is 1.74 bits per heavy atom. The zero-order valence-electron chi connectivity index (χ0n) is 15.7. The molecule has 0 radical (unpaired) electrons. The lowest BCUT2D eigenvalue weighted by molar-refractivity contribution is 0.0787. The van der Waals surface area contributed by atoms with E-state index in [1.54, 1.807) is 26.2 Å². The van der Waals surface area contributed by atoms with E-state index in [-0.39, 0.29) is 11.9 Å². The largest absolute Gasteiger partial charge is 0.493 e. The molecule has 6 nitrogen and oxygen atoms in total. The van der Waals surface area contributed by atoms with Crippen molar-refractivity contribution in [3.05, 3.63) is 64.8 Å². The summed E-state index contributed by atoms with van der Waals surface area (Å²) in [4.78, 5) is 14.5.